The molecule has 1 saturated heterocycles. The SMILES string of the molecule is COc1ccc(CC2SC(=O)NC2=O)cc1CC(=O)Nc1ccc(Oc2ccccc2)cc1. The van der Waals surface area contributed by atoms with Crippen LogP contribution >= 0.6 is 11.8 Å². The van der Waals surface area contributed by atoms with Crippen molar-refractivity contribution in [2.24, 2.45) is 0 Å². The third-order valence-electron chi connectivity index (χ3n) is 5.00. The molecule has 2 N–H and O–H groups in total. The predicted molar refractivity (Wildman–Crippen MR) is 127 cm³/mol. The molecule has 0 aliphatic carbocycles. The number of anilines is 1. The number of hydrogen-bond acceptors (Lipinski definition) is 6. The first-order chi connectivity index (χ1) is 16.0. The molecular formula is C25H22N2O5S. The molecule has 3 aromatic carbocycles. The van der Waals surface area contributed by atoms with E-state index in [0.717, 1.165) is 23.1 Å². The van der Waals surface area contributed by atoms with Crippen molar-refractivity contribution in [3.05, 3.63) is 83.9 Å². The third-order valence-corrected chi connectivity index (χ3v) is 5.98. The maximum absolute atomic E-state index is 12.7. The van der Waals surface area contributed by atoms with Crippen LogP contribution in [0.3, 0.4) is 0 Å². The summed E-state index contributed by atoms with van der Waals surface area (Å²) in [6.45, 7) is 0. The number of ether oxygens (including phenoxy) is 2. The molecule has 1 aliphatic rings. The molecule has 33 heavy (non-hydrogen) atoms. The van der Waals surface area contributed by atoms with E-state index in [-0.39, 0.29) is 23.5 Å². The number of amides is 3. The van der Waals surface area contributed by atoms with Crippen LogP contribution in [-0.2, 0) is 22.4 Å². The van der Waals surface area contributed by atoms with E-state index >= 15 is 0 Å². The van der Waals surface area contributed by atoms with E-state index in [9.17, 15) is 14.4 Å². The van der Waals surface area contributed by atoms with Crippen molar-refractivity contribution in [1.82, 2.24) is 5.32 Å². The quantitative estimate of drug-likeness (QED) is 0.510. The molecule has 7 nitrogen and oxygen atoms in total. The molecule has 8 heteroatoms. The van der Waals surface area contributed by atoms with Gasteiger partial charge in [0, 0.05) is 11.3 Å². The summed E-state index contributed by atoms with van der Waals surface area (Å²) in [4.78, 5) is 35.9. The number of nitrogens with one attached hydrogen (secondary N) is 2. The van der Waals surface area contributed by atoms with Crippen LogP contribution in [0, 0.1) is 0 Å². The minimum atomic E-state index is -0.468. The van der Waals surface area contributed by atoms with Crippen molar-refractivity contribution in [3.8, 4) is 17.2 Å². The van der Waals surface area contributed by atoms with Crippen LogP contribution in [0.5, 0.6) is 17.2 Å². The normalized spacial score (nSPS) is 15.1. The third kappa shape index (κ3) is 5.93. The molecule has 1 fully saturated rings. The summed E-state index contributed by atoms with van der Waals surface area (Å²) in [6, 6.07) is 22.0. The van der Waals surface area contributed by atoms with Gasteiger partial charge in [-0.1, -0.05) is 42.1 Å². The van der Waals surface area contributed by atoms with Crippen LogP contribution in [0.4, 0.5) is 10.5 Å². The average molecular weight is 463 g/mol. The summed E-state index contributed by atoms with van der Waals surface area (Å²) in [5, 5.41) is 4.36. The minimum absolute atomic E-state index is 0.0994. The van der Waals surface area contributed by atoms with Crippen LogP contribution < -0.4 is 20.1 Å². The van der Waals surface area contributed by atoms with Crippen molar-refractivity contribution in [3.63, 3.8) is 0 Å². The van der Waals surface area contributed by atoms with Gasteiger partial charge >= 0.3 is 0 Å². The highest BCUT2D eigenvalue weighted by atomic mass is 32.2. The van der Waals surface area contributed by atoms with Gasteiger partial charge in [0.15, 0.2) is 0 Å². The van der Waals surface area contributed by atoms with Crippen molar-refractivity contribution in [2.75, 3.05) is 12.4 Å². The zero-order chi connectivity index (χ0) is 23.2. The summed E-state index contributed by atoms with van der Waals surface area (Å²) >= 11 is 0.981. The zero-order valence-corrected chi connectivity index (χ0v) is 18.7. The minimum Gasteiger partial charge on any atom is -0.496 e. The first kappa shape index (κ1) is 22.4. The molecule has 1 heterocycles. The van der Waals surface area contributed by atoms with Gasteiger partial charge in [0.25, 0.3) is 5.24 Å². The topological polar surface area (TPSA) is 93.7 Å². The molecule has 0 radical (unpaired) electrons. The van der Waals surface area contributed by atoms with Gasteiger partial charge in [-0.15, -0.1) is 0 Å². The molecular weight excluding hydrogens is 440 g/mol. The Morgan fingerprint density at radius 3 is 2.39 bits per heavy atom. The Kier molecular flexibility index (Phi) is 6.95. The van der Waals surface area contributed by atoms with Crippen molar-refractivity contribution in [2.45, 2.75) is 18.1 Å². The van der Waals surface area contributed by atoms with Crippen molar-refractivity contribution >= 4 is 34.5 Å². The Morgan fingerprint density at radius 1 is 1.00 bits per heavy atom. The Bertz CT molecular complexity index is 1170. The van der Waals surface area contributed by atoms with Gasteiger partial charge in [0.2, 0.25) is 11.8 Å². The molecule has 3 aromatic rings. The van der Waals surface area contributed by atoms with E-state index in [0.29, 0.717) is 29.2 Å². The fourth-order valence-corrected chi connectivity index (χ4v) is 4.31. The van der Waals surface area contributed by atoms with E-state index in [2.05, 4.69) is 10.6 Å². The second-order valence-electron chi connectivity index (χ2n) is 7.40. The lowest BCUT2D eigenvalue weighted by atomic mass is 10.0. The number of methoxy groups -OCH3 is 1. The fourth-order valence-electron chi connectivity index (χ4n) is 3.45. The highest BCUT2D eigenvalue weighted by Gasteiger charge is 2.31. The molecule has 0 aromatic heterocycles. The lowest BCUT2D eigenvalue weighted by Crippen LogP contribution is -2.25. The molecule has 0 saturated carbocycles. The van der Waals surface area contributed by atoms with Gasteiger partial charge in [0.05, 0.1) is 18.8 Å². The van der Waals surface area contributed by atoms with E-state index in [1.54, 1.807) is 37.4 Å². The summed E-state index contributed by atoms with van der Waals surface area (Å²) in [7, 11) is 1.54. The lowest BCUT2D eigenvalue weighted by Gasteiger charge is -2.13. The molecule has 3 amide bonds. The van der Waals surface area contributed by atoms with E-state index in [1.807, 2.05) is 42.5 Å². The van der Waals surface area contributed by atoms with Crippen molar-refractivity contribution < 1.29 is 23.9 Å². The predicted octanol–water partition coefficient (Wildman–Crippen LogP) is 4.56. The van der Waals surface area contributed by atoms with Crippen LogP contribution in [0.1, 0.15) is 11.1 Å². The van der Waals surface area contributed by atoms with Gasteiger partial charge in [0.1, 0.15) is 17.2 Å². The zero-order valence-electron chi connectivity index (χ0n) is 17.9. The largest absolute Gasteiger partial charge is 0.496 e. The van der Waals surface area contributed by atoms with Gasteiger partial charge in [-0.2, -0.15) is 0 Å². The van der Waals surface area contributed by atoms with Gasteiger partial charge in [-0.25, -0.2) is 0 Å². The standard InChI is InChI=1S/C25H22N2O5S/c1-31-21-12-7-16(14-22-24(29)27-25(30)33-22)13-17(21)15-23(28)26-18-8-10-20(11-9-18)32-19-5-3-2-4-6-19/h2-13,22H,14-15H2,1H3,(H,26,28)(H,27,29,30). The number of hydrogen-bond donors (Lipinski definition) is 2. The summed E-state index contributed by atoms with van der Waals surface area (Å²) in [5.74, 6) is 1.49. The van der Waals surface area contributed by atoms with E-state index in [4.69, 9.17) is 9.47 Å². The fraction of sp³-hybridized carbons (Fsp3) is 0.160. The number of carbonyl (C=O) groups excluding carboxylic acids is 3. The summed E-state index contributed by atoms with van der Waals surface area (Å²) in [5.41, 5.74) is 2.20. The summed E-state index contributed by atoms with van der Waals surface area (Å²) in [6.07, 6.45) is 0.492. The molecule has 1 aliphatic heterocycles. The Morgan fingerprint density at radius 2 is 1.73 bits per heavy atom. The van der Waals surface area contributed by atoms with E-state index < -0.39 is 5.25 Å². The average Bonchev–Trinajstić information content (AvgIpc) is 3.12. The smallest absolute Gasteiger partial charge is 0.286 e. The number of carbonyl (C=O) groups is 3. The monoisotopic (exact) mass is 462 g/mol. The molecule has 1 unspecified atom stereocenters. The second kappa shape index (κ2) is 10.2. The maximum Gasteiger partial charge on any atom is 0.286 e. The summed E-state index contributed by atoms with van der Waals surface area (Å²) < 4.78 is 11.2. The van der Waals surface area contributed by atoms with Gasteiger partial charge in [-0.3, -0.25) is 19.7 Å². The van der Waals surface area contributed by atoms with E-state index in [1.165, 1.54) is 0 Å². The number of benzene rings is 3. The molecule has 168 valence electrons. The van der Waals surface area contributed by atoms with Crippen LogP contribution in [0.2, 0.25) is 0 Å². The highest BCUT2D eigenvalue weighted by Crippen LogP contribution is 2.27. The van der Waals surface area contributed by atoms with Crippen molar-refractivity contribution in [1.29, 1.82) is 0 Å². The first-order valence-electron chi connectivity index (χ1n) is 10.3. The molecule has 4 rings (SSSR count). The Labute approximate surface area is 195 Å². The number of rotatable bonds is 8. The molecule has 1 atom stereocenters. The van der Waals surface area contributed by atoms with Gasteiger partial charge < -0.3 is 14.8 Å². The highest BCUT2D eigenvalue weighted by molar-refractivity contribution is 8.15. The Balaban J connectivity index is 1.39. The number of imide groups is 1. The van der Waals surface area contributed by atoms with Crippen LogP contribution in [0.15, 0.2) is 72.8 Å². The van der Waals surface area contributed by atoms with Gasteiger partial charge in [-0.05, 0) is 54.4 Å². The van der Waals surface area contributed by atoms with Crippen LogP contribution in [0.25, 0.3) is 0 Å². The Hall–Kier alpha value is -3.78. The maximum atomic E-state index is 12.7. The first-order valence-corrected chi connectivity index (χ1v) is 11.2. The molecule has 0 spiro atoms. The second-order valence-corrected chi connectivity index (χ2v) is 8.57. The number of thioether (sulfide) groups is 1. The van der Waals surface area contributed by atoms with Crippen LogP contribution in [-0.4, -0.2) is 29.4 Å². The lowest BCUT2D eigenvalue weighted by molar-refractivity contribution is -0.119. The number of para-hydroxylation sites is 1. The molecule has 0 bridgehead atoms.